The van der Waals surface area contributed by atoms with Crippen LogP contribution in [0.1, 0.15) is 157 Å². The second kappa shape index (κ2) is 20.7. The SMILES string of the molecule is CCC(P)(CC)CCCCCP(CCCCCC(P)(CC)CC)CCCCCC(P)(CC)CC. The second-order valence-corrected chi connectivity index (χ2v) is 17.8. The molecule has 0 saturated heterocycles. The Balaban J connectivity index is 4.40. The Morgan fingerprint density at radius 1 is 0.382 bits per heavy atom. The van der Waals surface area contributed by atoms with Gasteiger partial charge in [-0.1, -0.05) is 80.1 Å². The highest BCUT2D eigenvalue weighted by molar-refractivity contribution is 7.57. The van der Waals surface area contributed by atoms with Crippen molar-refractivity contribution in [1.29, 1.82) is 0 Å². The first-order valence-corrected chi connectivity index (χ1v) is 18.9. The van der Waals surface area contributed by atoms with Crippen molar-refractivity contribution in [2.75, 3.05) is 18.5 Å². The predicted molar refractivity (Wildman–Crippen MR) is 176 cm³/mol. The Morgan fingerprint density at radius 2 is 0.618 bits per heavy atom. The minimum Gasteiger partial charge on any atom is -0.131 e. The molecule has 0 radical (unpaired) electrons. The van der Waals surface area contributed by atoms with E-state index in [1.807, 2.05) is 0 Å². The summed E-state index contributed by atoms with van der Waals surface area (Å²) in [7, 11) is 9.79. The molecular weight excluding hydrogens is 484 g/mol. The maximum atomic E-state index is 3.17. The molecule has 0 aliphatic heterocycles. The molecule has 3 atom stereocenters. The van der Waals surface area contributed by atoms with Crippen molar-refractivity contribution in [3.8, 4) is 0 Å². The molecule has 0 aromatic carbocycles. The molecule has 4 heteroatoms. The van der Waals surface area contributed by atoms with Gasteiger partial charge in [0.15, 0.2) is 0 Å². The largest absolute Gasteiger partial charge is 0.131 e. The maximum absolute atomic E-state index is 3.17. The first-order chi connectivity index (χ1) is 16.1. The van der Waals surface area contributed by atoms with Crippen molar-refractivity contribution in [1.82, 2.24) is 0 Å². The van der Waals surface area contributed by atoms with Gasteiger partial charge in [0.25, 0.3) is 0 Å². The van der Waals surface area contributed by atoms with E-state index >= 15 is 0 Å². The highest BCUT2D eigenvalue weighted by Crippen LogP contribution is 2.41. The van der Waals surface area contributed by atoms with Crippen molar-refractivity contribution >= 4 is 35.6 Å². The summed E-state index contributed by atoms with van der Waals surface area (Å²) in [4.78, 5) is 0. The molecule has 0 aliphatic carbocycles. The fraction of sp³-hybridized carbons (Fsp3) is 1.00. The van der Waals surface area contributed by atoms with Crippen LogP contribution >= 0.6 is 35.6 Å². The zero-order valence-corrected chi connectivity index (χ0v) is 28.9. The van der Waals surface area contributed by atoms with Crippen LogP contribution in [0.4, 0.5) is 0 Å². The lowest BCUT2D eigenvalue weighted by molar-refractivity contribution is 0.476. The minimum absolute atomic E-state index is 0.268. The molecule has 0 fully saturated rings. The highest BCUT2D eigenvalue weighted by atomic mass is 31.1. The monoisotopic (exact) mass is 550 g/mol. The van der Waals surface area contributed by atoms with Crippen molar-refractivity contribution in [2.45, 2.75) is 173 Å². The van der Waals surface area contributed by atoms with Crippen LogP contribution in [0.5, 0.6) is 0 Å². The van der Waals surface area contributed by atoms with Gasteiger partial charge in [-0.05, 0) is 111 Å². The molecule has 0 N–H and O–H groups in total. The summed E-state index contributed by atoms with van der Waals surface area (Å²) in [6.45, 7) is 14.2. The van der Waals surface area contributed by atoms with Gasteiger partial charge in [-0.15, -0.1) is 35.6 Å². The van der Waals surface area contributed by atoms with E-state index in [0.717, 1.165) is 0 Å². The molecule has 3 unspecified atom stereocenters. The standard InChI is InChI=1S/C30H66P4/c1-7-28(31,8-2)22-16-13-19-25-34(26-20-14-17-23-29(32,9-3)10-4)27-21-15-18-24-30(33,11-5)12-6/h7-27,31-33H2,1-6H3. The Kier molecular flexibility index (Phi) is 21.7. The van der Waals surface area contributed by atoms with Gasteiger partial charge in [0.1, 0.15) is 0 Å². The lowest BCUT2D eigenvalue weighted by atomic mass is 9.95. The van der Waals surface area contributed by atoms with Crippen LogP contribution in [0.25, 0.3) is 0 Å². The zero-order valence-electron chi connectivity index (χ0n) is 24.5. The Hall–Kier alpha value is 1.72. The Morgan fingerprint density at radius 3 is 0.824 bits per heavy atom. The fourth-order valence-corrected chi connectivity index (χ4v) is 8.41. The third-order valence-corrected chi connectivity index (χ3v) is 15.3. The summed E-state index contributed by atoms with van der Waals surface area (Å²) >= 11 is 0. The van der Waals surface area contributed by atoms with Crippen molar-refractivity contribution in [2.24, 2.45) is 0 Å². The fourth-order valence-electron chi connectivity index (χ4n) is 5.11. The van der Waals surface area contributed by atoms with Crippen LogP contribution in [-0.4, -0.2) is 34.0 Å². The molecule has 0 amide bonds. The first kappa shape index (κ1) is 35.7. The topological polar surface area (TPSA) is 0 Å². The van der Waals surface area contributed by atoms with Crippen LogP contribution in [0.2, 0.25) is 0 Å². The molecule has 0 spiro atoms. The van der Waals surface area contributed by atoms with Crippen LogP contribution in [-0.2, 0) is 0 Å². The van der Waals surface area contributed by atoms with E-state index < -0.39 is 0 Å². The van der Waals surface area contributed by atoms with E-state index in [1.165, 1.54) is 116 Å². The molecule has 0 aliphatic rings. The van der Waals surface area contributed by atoms with Gasteiger partial charge in [0.2, 0.25) is 0 Å². The van der Waals surface area contributed by atoms with E-state index in [-0.39, 0.29) is 7.92 Å². The molecule has 0 bridgehead atoms. The maximum Gasteiger partial charge on any atom is -0.0155 e. The van der Waals surface area contributed by atoms with E-state index in [1.54, 1.807) is 18.5 Å². The number of unbranched alkanes of at least 4 members (excludes halogenated alkanes) is 6. The Bertz CT molecular complexity index is 386. The molecule has 0 nitrogen and oxygen atoms in total. The normalized spacial score (nSPS) is 13.2. The summed E-state index contributed by atoms with van der Waals surface area (Å²) in [5.74, 6) is 0. The molecule has 0 aromatic rings. The summed E-state index contributed by atoms with van der Waals surface area (Å²) in [5, 5.41) is 1.54. The molecule has 0 rings (SSSR count). The van der Waals surface area contributed by atoms with Crippen LogP contribution < -0.4 is 0 Å². The zero-order chi connectivity index (χ0) is 25.9. The van der Waals surface area contributed by atoms with Gasteiger partial charge in [0, 0.05) is 0 Å². The molecule has 206 valence electrons. The third kappa shape index (κ3) is 16.5. The summed E-state index contributed by atoms with van der Waals surface area (Å²) in [6.07, 6.45) is 29.8. The summed E-state index contributed by atoms with van der Waals surface area (Å²) < 4.78 is 0. The van der Waals surface area contributed by atoms with Crippen LogP contribution in [0, 0.1) is 0 Å². The van der Waals surface area contributed by atoms with E-state index in [9.17, 15) is 0 Å². The average Bonchev–Trinajstić information content (AvgIpc) is 2.86. The molecular formula is C30H66P4. The van der Waals surface area contributed by atoms with Gasteiger partial charge in [-0.3, -0.25) is 0 Å². The third-order valence-electron chi connectivity index (χ3n) is 9.17. The lowest BCUT2D eigenvalue weighted by Gasteiger charge is -2.27. The Labute approximate surface area is 226 Å². The molecule has 0 aromatic heterocycles. The lowest BCUT2D eigenvalue weighted by Crippen LogP contribution is -2.17. The summed E-state index contributed by atoms with van der Waals surface area (Å²) in [6, 6.07) is 0. The van der Waals surface area contributed by atoms with Gasteiger partial charge >= 0.3 is 0 Å². The average molecular weight is 551 g/mol. The summed E-state index contributed by atoms with van der Waals surface area (Å²) in [5.41, 5.74) is 0. The number of rotatable bonds is 24. The molecule has 34 heavy (non-hydrogen) atoms. The van der Waals surface area contributed by atoms with Gasteiger partial charge in [-0.2, -0.15) is 0 Å². The van der Waals surface area contributed by atoms with Crippen molar-refractivity contribution in [3.05, 3.63) is 0 Å². The van der Waals surface area contributed by atoms with Crippen LogP contribution in [0.3, 0.4) is 0 Å². The first-order valence-electron chi connectivity index (χ1n) is 15.2. The van der Waals surface area contributed by atoms with Crippen molar-refractivity contribution < 1.29 is 0 Å². The van der Waals surface area contributed by atoms with Gasteiger partial charge < -0.3 is 0 Å². The van der Waals surface area contributed by atoms with E-state index in [2.05, 4.69) is 69.3 Å². The highest BCUT2D eigenvalue weighted by Gasteiger charge is 2.21. The van der Waals surface area contributed by atoms with Crippen molar-refractivity contribution in [3.63, 3.8) is 0 Å². The number of hydrogen-bond donors (Lipinski definition) is 0. The molecule has 0 saturated carbocycles. The molecule has 0 heterocycles. The smallest absolute Gasteiger partial charge is 0.0155 e. The van der Waals surface area contributed by atoms with E-state index in [0.29, 0.717) is 15.5 Å². The minimum atomic E-state index is 0.268. The number of hydrogen-bond acceptors (Lipinski definition) is 0. The quantitative estimate of drug-likeness (QED) is 0.0828. The van der Waals surface area contributed by atoms with Crippen LogP contribution in [0.15, 0.2) is 0 Å². The van der Waals surface area contributed by atoms with Gasteiger partial charge in [0.05, 0.1) is 0 Å². The van der Waals surface area contributed by atoms with Gasteiger partial charge in [-0.25, -0.2) is 0 Å². The predicted octanol–water partition coefficient (Wildman–Crippen LogP) is 11.5. The second-order valence-electron chi connectivity index (χ2n) is 11.5. The van der Waals surface area contributed by atoms with E-state index in [4.69, 9.17) is 0 Å².